The minimum Gasteiger partial charge on any atom is -0.390 e. The Morgan fingerprint density at radius 1 is 1.00 bits per heavy atom. The van der Waals surface area contributed by atoms with Gasteiger partial charge < -0.3 is 5.11 Å². The Kier molecular flexibility index (Phi) is 2.96. The number of hydrogen-bond donors (Lipinski definition) is 1. The SMILES string of the molecule is C/N=C1\CCC2[C@@H]3CC[C@]45C[C@](C)(O)CC[C@@]4(C3CC[C@]12C)[C@@H]5C. The van der Waals surface area contributed by atoms with Crippen molar-refractivity contribution in [3.8, 4) is 0 Å². The summed E-state index contributed by atoms with van der Waals surface area (Å²) in [6.07, 6.45) is 11.6. The molecule has 134 valence electrons. The molecule has 0 aromatic heterocycles. The van der Waals surface area contributed by atoms with Gasteiger partial charge in [-0.3, -0.25) is 4.99 Å². The van der Waals surface area contributed by atoms with E-state index in [1.165, 1.54) is 50.7 Å². The summed E-state index contributed by atoms with van der Waals surface area (Å²) in [5.74, 6) is 3.60. The Morgan fingerprint density at radius 3 is 2.54 bits per heavy atom. The van der Waals surface area contributed by atoms with Gasteiger partial charge in [-0.2, -0.15) is 0 Å². The fourth-order valence-corrected chi connectivity index (χ4v) is 9.28. The van der Waals surface area contributed by atoms with Crippen molar-refractivity contribution in [3.63, 3.8) is 0 Å². The molecule has 0 spiro atoms. The zero-order valence-electron chi connectivity index (χ0n) is 16.1. The Hall–Kier alpha value is -0.370. The van der Waals surface area contributed by atoms with Gasteiger partial charge in [0.15, 0.2) is 0 Å². The molecule has 0 aromatic carbocycles. The first-order chi connectivity index (χ1) is 11.3. The van der Waals surface area contributed by atoms with Gasteiger partial charge in [0.05, 0.1) is 5.60 Å². The highest BCUT2D eigenvalue weighted by molar-refractivity contribution is 5.92. The smallest absolute Gasteiger partial charge is 0.0625 e. The van der Waals surface area contributed by atoms with Crippen LogP contribution in [0.25, 0.3) is 0 Å². The van der Waals surface area contributed by atoms with Gasteiger partial charge >= 0.3 is 0 Å². The van der Waals surface area contributed by atoms with E-state index < -0.39 is 5.60 Å². The van der Waals surface area contributed by atoms with Crippen molar-refractivity contribution < 1.29 is 5.11 Å². The monoisotopic (exact) mass is 329 g/mol. The van der Waals surface area contributed by atoms with Gasteiger partial charge in [0.25, 0.3) is 0 Å². The Morgan fingerprint density at radius 2 is 1.79 bits per heavy atom. The maximum Gasteiger partial charge on any atom is 0.0625 e. The van der Waals surface area contributed by atoms with Gasteiger partial charge in [-0.15, -0.1) is 0 Å². The van der Waals surface area contributed by atoms with E-state index in [9.17, 15) is 5.11 Å². The number of nitrogens with zero attached hydrogens (tertiary/aromatic N) is 1. The van der Waals surface area contributed by atoms with E-state index in [1.807, 2.05) is 7.05 Å². The Bertz CT molecular complexity index is 609. The number of aliphatic hydroxyl groups is 1. The molecule has 0 aromatic rings. The quantitative estimate of drug-likeness (QED) is 0.677. The van der Waals surface area contributed by atoms with Gasteiger partial charge in [0.2, 0.25) is 0 Å². The number of aliphatic imine (C=N–C) groups is 1. The molecule has 5 saturated carbocycles. The largest absolute Gasteiger partial charge is 0.390 e. The molecule has 8 atom stereocenters. The molecule has 2 unspecified atom stereocenters. The third kappa shape index (κ3) is 1.57. The molecule has 0 bridgehead atoms. The van der Waals surface area contributed by atoms with Crippen LogP contribution in [0.1, 0.15) is 78.6 Å². The topological polar surface area (TPSA) is 32.6 Å². The normalized spacial score (nSPS) is 63.3. The lowest BCUT2D eigenvalue weighted by Gasteiger charge is -2.55. The van der Waals surface area contributed by atoms with Gasteiger partial charge in [0.1, 0.15) is 0 Å². The second-order valence-corrected chi connectivity index (χ2v) is 10.7. The molecule has 2 nitrogen and oxygen atoms in total. The standard InChI is InChI=1S/C22H35NO/c1-14-21-10-7-15-16-5-6-18(23-4)20(16,3)9-8-17(15)22(14,21)12-11-19(2,24)13-21/h14-17,24H,5-13H2,1-4H3/b23-18+/t14-,15+,16?,17?,19-,20+,21-,22+/m1/s1. The molecule has 5 rings (SSSR count). The molecule has 5 fully saturated rings. The summed E-state index contributed by atoms with van der Waals surface area (Å²) in [6, 6.07) is 0. The van der Waals surface area contributed by atoms with Crippen LogP contribution in [0.4, 0.5) is 0 Å². The molecule has 24 heavy (non-hydrogen) atoms. The van der Waals surface area contributed by atoms with E-state index in [0.717, 1.165) is 36.5 Å². The molecule has 5 aliphatic rings. The van der Waals surface area contributed by atoms with Gasteiger partial charge in [0, 0.05) is 18.2 Å². The van der Waals surface area contributed by atoms with Crippen molar-refractivity contribution in [3.05, 3.63) is 0 Å². The summed E-state index contributed by atoms with van der Waals surface area (Å²) in [6.45, 7) is 7.16. The van der Waals surface area contributed by atoms with E-state index in [-0.39, 0.29) is 0 Å². The molecule has 0 amide bonds. The Balaban J connectivity index is 1.50. The average Bonchev–Trinajstić information content (AvgIpc) is 2.89. The second-order valence-electron chi connectivity index (χ2n) is 10.7. The zero-order chi connectivity index (χ0) is 17.0. The summed E-state index contributed by atoms with van der Waals surface area (Å²) >= 11 is 0. The third-order valence-electron chi connectivity index (χ3n) is 10.3. The number of rotatable bonds is 0. The Labute approximate surface area is 147 Å². The molecule has 0 radical (unpaired) electrons. The summed E-state index contributed by atoms with van der Waals surface area (Å²) in [4.78, 5) is 4.71. The summed E-state index contributed by atoms with van der Waals surface area (Å²) in [5, 5.41) is 10.8. The fourth-order valence-electron chi connectivity index (χ4n) is 9.28. The van der Waals surface area contributed by atoms with Crippen molar-refractivity contribution in [1.29, 1.82) is 0 Å². The lowest BCUT2D eigenvalue weighted by molar-refractivity contribution is -0.0878. The van der Waals surface area contributed by atoms with Crippen molar-refractivity contribution in [1.82, 2.24) is 0 Å². The maximum atomic E-state index is 10.8. The molecule has 2 heteroatoms. The molecule has 0 heterocycles. The van der Waals surface area contributed by atoms with Crippen molar-refractivity contribution in [2.75, 3.05) is 7.05 Å². The number of hydrogen-bond acceptors (Lipinski definition) is 2. The third-order valence-corrected chi connectivity index (χ3v) is 10.3. The van der Waals surface area contributed by atoms with Crippen LogP contribution < -0.4 is 0 Å². The lowest BCUT2D eigenvalue weighted by atomic mass is 9.49. The highest BCUT2D eigenvalue weighted by atomic mass is 16.3. The average molecular weight is 330 g/mol. The van der Waals surface area contributed by atoms with Crippen molar-refractivity contribution >= 4 is 5.71 Å². The van der Waals surface area contributed by atoms with Crippen LogP contribution in [-0.2, 0) is 0 Å². The van der Waals surface area contributed by atoms with Crippen LogP contribution in [0.3, 0.4) is 0 Å². The summed E-state index contributed by atoms with van der Waals surface area (Å²) < 4.78 is 0. The van der Waals surface area contributed by atoms with Gasteiger partial charge in [-0.1, -0.05) is 13.8 Å². The fraction of sp³-hybridized carbons (Fsp3) is 0.955. The molecule has 5 aliphatic carbocycles. The van der Waals surface area contributed by atoms with Crippen LogP contribution in [0.15, 0.2) is 4.99 Å². The predicted molar refractivity (Wildman–Crippen MR) is 98.1 cm³/mol. The predicted octanol–water partition coefficient (Wildman–Crippen LogP) is 4.85. The minimum absolute atomic E-state index is 0.403. The van der Waals surface area contributed by atoms with Crippen molar-refractivity contribution in [2.45, 2.75) is 84.2 Å². The first-order valence-corrected chi connectivity index (χ1v) is 10.5. The van der Waals surface area contributed by atoms with Gasteiger partial charge in [-0.25, -0.2) is 0 Å². The van der Waals surface area contributed by atoms with Crippen molar-refractivity contribution in [2.24, 2.45) is 44.9 Å². The first-order valence-electron chi connectivity index (χ1n) is 10.5. The highest BCUT2D eigenvalue weighted by Gasteiger charge is 2.81. The molecular weight excluding hydrogens is 294 g/mol. The second kappa shape index (κ2) is 4.48. The first kappa shape index (κ1) is 15.9. The van der Waals surface area contributed by atoms with E-state index in [1.54, 1.807) is 0 Å². The minimum atomic E-state index is -0.403. The molecule has 1 N–H and O–H groups in total. The summed E-state index contributed by atoms with van der Waals surface area (Å²) in [5.41, 5.74) is 2.61. The van der Waals surface area contributed by atoms with Crippen LogP contribution in [0, 0.1) is 39.9 Å². The number of fused-ring (bicyclic) bond motifs is 3. The zero-order valence-corrected chi connectivity index (χ0v) is 16.1. The molecular formula is C22H35NO. The molecule has 0 aliphatic heterocycles. The van der Waals surface area contributed by atoms with E-state index in [0.29, 0.717) is 16.2 Å². The van der Waals surface area contributed by atoms with Crippen LogP contribution in [0.5, 0.6) is 0 Å². The van der Waals surface area contributed by atoms with E-state index in [4.69, 9.17) is 4.99 Å². The highest BCUT2D eigenvalue weighted by Crippen LogP contribution is 2.86. The van der Waals surface area contributed by atoms with Gasteiger partial charge in [-0.05, 0) is 99.2 Å². The van der Waals surface area contributed by atoms with Crippen LogP contribution in [-0.4, -0.2) is 23.5 Å². The van der Waals surface area contributed by atoms with Crippen LogP contribution in [0.2, 0.25) is 0 Å². The van der Waals surface area contributed by atoms with Crippen LogP contribution >= 0.6 is 0 Å². The van der Waals surface area contributed by atoms with E-state index in [2.05, 4.69) is 20.8 Å². The lowest BCUT2D eigenvalue weighted by Crippen LogP contribution is -2.50. The summed E-state index contributed by atoms with van der Waals surface area (Å²) in [7, 11) is 2.02. The van der Waals surface area contributed by atoms with E-state index >= 15 is 0 Å². The maximum absolute atomic E-state index is 10.8. The molecule has 0 saturated heterocycles.